The maximum atomic E-state index is 2.66. The van der Waals surface area contributed by atoms with Crippen LogP contribution < -0.4 is 0 Å². The molecular formula is C21H32. The SMILES string of the molecule is CC1=CCC2C3CCC4=CC(C)CCC4(C)C3CCC12C. The smallest absolute Gasteiger partial charge is 0.00851 e. The highest BCUT2D eigenvalue weighted by atomic mass is 14.6. The Kier molecular flexibility index (Phi) is 3.02. The highest BCUT2D eigenvalue weighted by Crippen LogP contribution is 2.65. The average Bonchev–Trinajstić information content (AvgIpc) is 2.76. The van der Waals surface area contributed by atoms with Gasteiger partial charge in [0.1, 0.15) is 0 Å². The van der Waals surface area contributed by atoms with E-state index in [4.69, 9.17) is 0 Å². The summed E-state index contributed by atoms with van der Waals surface area (Å²) in [6.07, 6.45) is 15.3. The Hall–Kier alpha value is -0.520. The molecular weight excluding hydrogens is 252 g/mol. The molecule has 0 aliphatic heterocycles. The van der Waals surface area contributed by atoms with Crippen LogP contribution in [0.15, 0.2) is 23.3 Å². The van der Waals surface area contributed by atoms with Gasteiger partial charge < -0.3 is 0 Å². The lowest BCUT2D eigenvalue weighted by atomic mass is 9.46. The van der Waals surface area contributed by atoms with E-state index in [1.807, 2.05) is 5.57 Å². The molecule has 0 heterocycles. The van der Waals surface area contributed by atoms with E-state index in [9.17, 15) is 0 Å². The summed E-state index contributed by atoms with van der Waals surface area (Å²) in [6, 6.07) is 0. The van der Waals surface area contributed by atoms with Gasteiger partial charge in [-0.1, -0.05) is 44.1 Å². The molecule has 0 bridgehead atoms. The summed E-state index contributed by atoms with van der Waals surface area (Å²) >= 11 is 0. The monoisotopic (exact) mass is 284 g/mol. The second kappa shape index (κ2) is 4.49. The van der Waals surface area contributed by atoms with E-state index in [2.05, 4.69) is 39.8 Å². The van der Waals surface area contributed by atoms with Gasteiger partial charge in [-0.3, -0.25) is 0 Å². The fourth-order valence-corrected chi connectivity index (χ4v) is 6.68. The second-order valence-corrected chi connectivity index (χ2v) is 9.12. The highest BCUT2D eigenvalue weighted by molar-refractivity contribution is 5.28. The molecule has 0 aromatic carbocycles. The highest BCUT2D eigenvalue weighted by Gasteiger charge is 2.56. The van der Waals surface area contributed by atoms with Crippen LogP contribution in [0.5, 0.6) is 0 Å². The van der Waals surface area contributed by atoms with Crippen molar-refractivity contribution in [2.75, 3.05) is 0 Å². The maximum Gasteiger partial charge on any atom is -0.00851 e. The van der Waals surface area contributed by atoms with Gasteiger partial charge in [0.2, 0.25) is 0 Å². The van der Waals surface area contributed by atoms with Crippen LogP contribution in [0.25, 0.3) is 0 Å². The molecule has 0 N–H and O–H groups in total. The van der Waals surface area contributed by atoms with Crippen molar-refractivity contribution in [1.82, 2.24) is 0 Å². The molecule has 0 aromatic rings. The van der Waals surface area contributed by atoms with E-state index >= 15 is 0 Å². The molecule has 0 nitrogen and oxygen atoms in total. The quantitative estimate of drug-likeness (QED) is 0.469. The van der Waals surface area contributed by atoms with Gasteiger partial charge in [0.05, 0.1) is 0 Å². The van der Waals surface area contributed by atoms with Crippen molar-refractivity contribution >= 4 is 0 Å². The van der Waals surface area contributed by atoms with Crippen LogP contribution in [0.2, 0.25) is 0 Å². The molecule has 2 saturated carbocycles. The molecule has 6 unspecified atom stereocenters. The molecule has 4 aliphatic carbocycles. The first-order valence-corrected chi connectivity index (χ1v) is 9.33. The summed E-state index contributed by atoms with van der Waals surface area (Å²) in [6.45, 7) is 10.0. The first-order valence-electron chi connectivity index (χ1n) is 9.33. The molecule has 116 valence electrons. The van der Waals surface area contributed by atoms with Crippen molar-refractivity contribution in [2.45, 2.75) is 72.6 Å². The minimum Gasteiger partial charge on any atom is -0.0847 e. The molecule has 0 aromatic heterocycles. The molecule has 0 heteroatoms. The third-order valence-corrected chi connectivity index (χ3v) is 8.31. The lowest BCUT2D eigenvalue weighted by Gasteiger charge is -2.58. The fourth-order valence-electron chi connectivity index (χ4n) is 6.68. The standard InChI is InChI=1S/C21H32/c1-14-9-11-21(4)16(13-14)6-7-17-18-8-5-15(2)20(18,3)12-10-19(17)21/h5,13-14,17-19H,6-12H2,1-4H3. The van der Waals surface area contributed by atoms with Crippen molar-refractivity contribution in [3.63, 3.8) is 0 Å². The maximum absolute atomic E-state index is 2.66. The van der Waals surface area contributed by atoms with Crippen LogP contribution in [-0.2, 0) is 0 Å². The molecule has 0 saturated heterocycles. The van der Waals surface area contributed by atoms with Gasteiger partial charge >= 0.3 is 0 Å². The normalized spacial score (nSPS) is 52.4. The van der Waals surface area contributed by atoms with E-state index in [0.29, 0.717) is 10.8 Å². The Balaban J connectivity index is 1.68. The molecule has 2 fully saturated rings. The zero-order chi connectivity index (χ0) is 14.8. The van der Waals surface area contributed by atoms with Crippen molar-refractivity contribution in [1.29, 1.82) is 0 Å². The Bertz CT molecular complexity index is 510. The molecule has 4 aliphatic rings. The molecule has 21 heavy (non-hydrogen) atoms. The van der Waals surface area contributed by atoms with E-state index in [1.165, 1.54) is 44.9 Å². The van der Waals surface area contributed by atoms with E-state index in [-0.39, 0.29) is 0 Å². The summed E-state index contributed by atoms with van der Waals surface area (Å²) in [5.74, 6) is 3.75. The van der Waals surface area contributed by atoms with Gasteiger partial charge in [-0.2, -0.15) is 0 Å². The third kappa shape index (κ3) is 1.80. The molecule has 0 spiro atoms. The van der Waals surface area contributed by atoms with Gasteiger partial charge in [-0.25, -0.2) is 0 Å². The Morgan fingerprint density at radius 2 is 1.76 bits per heavy atom. The summed E-state index contributed by atoms with van der Waals surface area (Å²) in [7, 11) is 0. The first kappa shape index (κ1) is 14.1. The van der Waals surface area contributed by atoms with Crippen LogP contribution >= 0.6 is 0 Å². The number of hydrogen-bond donors (Lipinski definition) is 0. The zero-order valence-corrected chi connectivity index (χ0v) is 14.4. The number of fused-ring (bicyclic) bond motifs is 5. The lowest BCUT2D eigenvalue weighted by Crippen LogP contribution is -2.49. The van der Waals surface area contributed by atoms with Crippen LogP contribution in [0.1, 0.15) is 72.6 Å². The van der Waals surface area contributed by atoms with Crippen molar-refractivity contribution in [2.24, 2.45) is 34.5 Å². The minimum atomic E-state index is 0.542. The Morgan fingerprint density at radius 1 is 1.00 bits per heavy atom. The predicted molar refractivity (Wildman–Crippen MR) is 90.0 cm³/mol. The molecule has 0 amide bonds. The summed E-state index contributed by atoms with van der Waals surface area (Å²) in [5, 5.41) is 0. The molecule has 4 rings (SSSR count). The van der Waals surface area contributed by atoms with E-state index in [1.54, 1.807) is 5.57 Å². The minimum absolute atomic E-state index is 0.542. The van der Waals surface area contributed by atoms with Gasteiger partial charge in [0, 0.05) is 0 Å². The van der Waals surface area contributed by atoms with Crippen molar-refractivity contribution in [3.8, 4) is 0 Å². The Labute approximate surface area is 131 Å². The van der Waals surface area contributed by atoms with Gasteiger partial charge in [0.25, 0.3) is 0 Å². The second-order valence-electron chi connectivity index (χ2n) is 9.12. The predicted octanol–water partition coefficient (Wildman–Crippen LogP) is 6.14. The fraction of sp³-hybridized carbons (Fsp3) is 0.810. The van der Waals surface area contributed by atoms with E-state index in [0.717, 1.165) is 23.7 Å². The van der Waals surface area contributed by atoms with Crippen molar-refractivity contribution in [3.05, 3.63) is 23.3 Å². The van der Waals surface area contributed by atoms with Gasteiger partial charge in [-0.05, 0) is 86.4 Å². The lowest BCUT2D eigenvalue weighted by molar-refractivity contribution is -0.0301. The average molecular weight is 284 g/mol. The van der Waals surface area contributed by atoms with Crippen LogP contribution in [0.4, 0.5) is 0 Å². The third-order valence-electron chi connectivity index (χ3n) is 8.31. The van der Waals surface area contributed by atoms with Crippen molar-refractivity contribution < 1.29 is 0 Å². The Morgan fingerprint density at radius 3 is 2.57 bits per heavy atom. The molecule has 6 atom stereocenters. The largest absolute Gasteiger partial charge is 0.0847 e. The van der Waals surface area contributed by atoms with Crippen LogP contribution in [0.3, 0.4) is 0 Å². The van der Waals surface area contributed by atoms with Crippen LogP contribution in [-0.4, -0.2) is 0 Å². The summed E-state index contributed by atoms with van der Waals surface area (Å²) in [4.78, 5) is 0. The van der Waals surface area contributed by atoms with Crippen LogP contribution in [0, 0.1) is 34.5 Å². The summed E-state index contributed by atoms with van der Waals surface area (Å²) in [5.41, 5.74) is 4.64. The van der Waals surface area contributed by atoms with Gasteiger partial charge in [-0.15, -0.1) is 0 Å². The number of hydrogen-bond acceptors (Lipinski definition) is 0. The molecule has 0 radical (unpaired) electrons. The van der Waals surface area contributed by atoms with Gasteiger partial charge in [0.15, 0.2) is 0 Å². The number of allylic oxidation sites excluding steroid dienone is 4. The topological polar surface area (TPSA) is 0 Å². The first-order chi connectivity index (χ1) is 9.95. The van der Waals surface area contributed by atoms with E-state index < -0.39 is 0 Å². The number of rotatable bonds is 0. The zero-order valence-electron chi connectivity index (χ0n) is 14.4. The summed E-state index contributed by atoms with van der Waals surface area (Å²) < 4.78 is 0.